The lowest BCUT2D eigenvalue weighted by Gasteiger charge is -2.06. The van der Waals surface area contributed by atoms with E-state index in [1.54, 1.807) is 0 Å². The summed E-state index contributed by atoms with van der Waals surface area (Å²) in [5, 5.41) is 5.36. The van der Waals surface area contributed by atoms with E-state index in [0.717, 1.165) is 16.5 Å². The van der Waals surface area contributed by atoms with E-state index in [-0.39, 0.29) is 10.8 Å². The molecule has 0 bridgehead atoms. The maximum atomic E-state index is 12.2. The first kappa shape index (κ1) is 14.6. The molecule has 0 fully saturated rings. The van der Waals surface area contributed by atoms with Crippen LogP contribution < -0.4 is 5.32 Å². The van der Waals surface area contributed by atoms with Crippen LogP contribution in [0.15, 0.2) is 46.9 Å². The molecule has 0 aliphatic heterocycles. The highest BCUT2D eigenvalue weighted by Crippen LogP contribution is 2.24. The highest BCUT2D eigenvalue weighted by atomic mass is 32.2. The third-order valence-corrected chi connectivity index (χ3v) is 4.99. The molecule has 2 aromatic heterocycles. The molecule has 6 nitrogen and oxygen atoms in total. The summed E-state index contributed by atoms with van der Waals surface area (Å²) in [7, 11) is -3.28. The Morgan fingerprint density at radius 3 is 2.55 bits per heavy atom. The second-order valence-corrected chi connectivity index (χ2v) is 7.52. The third-order valence-electron chi connectivity index (χ3n) is 3.04. The Morgan fingerprint density at radius 1 is 1.14 bits per heavy atom. The van der Waals surface area contributed by atoms with Gasteiger partial charge in [-0.1, -0.05) is 0 Å². The van der Waals surface area contributed by atoms with Crippen molar-refractivity contribution in [3.63, 3.8) is 0 Å². The van der Waals surface area contributed by atoms with Gasteiger partial charge in [-0.2, -0.15) is 0 Å². The number of rotatable bonds is 3. The Kier molecular flexibility index (Phi) is 3.63. The van der Waals surface area contributed by atoms with E-state index in [1.165, 1.54) is 41.9 Å². The van der Waals surface area contributed by atoms with Crippen LogP contribution in [0.25, 0.3) is 10.2 Å². The first-order chi connectivity index (χ1) is 10.4. The smallest absolute Gasteiger partial charge is 0.256 e. The summed E-state index contributed by atoms with van der Waals surface area (Å²) in [6.07, 6.45) is 2.51. The number of nitrogens with one attached hydrogen (secondary N) is 1. The first-order valence-electron chi connectivity index (χ1n) is 6.25. The molecule has 1 N–H and O–H groups in total. The SMILES string of the molecule is CS(=O)(=O)c1ccc(C(=O)Nc2ncnc3sccc23)cc1. The minimum absolute atomic E-state index is 0.173. The van der Waals surface area contributed by atoms with Crippen molar-refractivity contribution in [2.45, 2.75) is 4.90 Å². The van der Waals surface area contributed by atoms with Crippen LogP contribution in [0.4, 0.5) is 5.82 Å². The number of anilines is 1. The number of carbonyl (C=O) groups excluding carboxylic acids is 1. The number of fused-ring (bicyclic) bond motifs is 1. The van der Waals surface area contributed by atoms with Crippen LogP contribution in [-0.2, 0) is 9.84 Å². The average molecular weight is 333 g/mol. The fourth-order valence-corrected chi connectivity index (χ4v) is 3.29. The predicted molar refractivity (Wildman–Crippen MR) is 84.9 cm³/mol. The van der Waals surface area contributed by atoms with E-state index in [4.69, 9.17) is 0 Å². The molecule has 0 atom stereocenters. The number of carbonyl (C=O) groups is 1. The Balaban J connectivity index is 1.87. The average Bonchev–Trinajstić information content (AvgIpc) is 2.96. The molecular weight excluding hydrogens is 322 g/mol. The van der Waals surface area contributed by atoms with Crippen LogP contribution in [0.3, 0.4) is 0 Å². The van der Waals surface area contributed by atoms with Crippen LogP contribution in [-0.4, -0.2) is 30.5 Å². The Labute approximate surface area is 130 Å². The molecule has 0 saturated heterocycles. The maximum Gasteiger partial charge on any atom is 0.256 e. The standard InChI is InChI=1S/C14H11N3O3S2/c1-22(19,20)10-4-2-9(3-5-10)13(18)17-12-11-6-7-21-14(11)16-8-15-12/h2-8H,1H3,(H,15,16,17,18). The van der Waals surface area contributed by atoms with Gasteiger partial charge in [0, 0.05) is 11.8 Å². The molecule has 1 amide bonds. The highest BCUT2D eigenvalue weighted by molar-refractivity contribution is 7.90. The summed E-state index contributed by atoms with van der Waals surface area (Å²) < 4.78 is 22.8. The zero-order valence-corrected chi connectivity index (χ0v) is 13.1. The van der Waals surface area contributed by atoms with Gasteiger partial charge in [0.2, 0.25) is 0 Å². The van der Waals surface area contributed by atoms with Crippen molar-refractivity contribution in [2.24, 2.45) is 0 Å². The summed E-state index contributed by atoms with van der Waals surface area (Å²) >= 11 is 1.46. The number of hydrogen-bond acceptors (Lipinski definition) is 6. The molecule has 8 heteroatoms. The molecule has 3 rings (SSSR count). The summed E-state index contributed by atoms with van der Waals surface area (Å²) in [6, 6.07) is 7.59. The number of benzene rings is 1. The Bertz CT molecular complexity index is 947. The predicted octanol–water partition coefficient (Wildman–Crippen LogP) is 2.35. The van der Waals surface area contributed by atoms with Gasteiger partial charge in [-0.25, -0.2) is 18.4 Å². The van der Waals surface area contributed by atoms with Crippen LogP contribution in [0.2, 0.25) is 0 Å². The maximum absolute atomic E-state index is 12.2. The lowest BCUT2D eigenvalue weighted by molar-refractivity contribution is 0.102. The van der Waals surface area contributed by atoms with E-state index < -0.39 is 9.84 Å². The van der Waals surface area contributed by atoms with Gasteiger partial charge in [0.25, 0.3) is 5.91 Å². The topological polar surface area (TPSA) is 89.0 Å². The van der Waals surface area contributed by atoms with Crippen molar-refractivity contribution in [3.8, 4) is 0 Å². The lowest BCUT2D eigenvalue weighted by atomic mass is 10.2. The number of thiophene rings is 1. The van der Waals surface area contributed by atoms with E-state index >= 15 is 0 Å². The van der Waals surface area contributed by atoms with Crippen LogP contribution in [0, 0.1) is 0 Å². The summed E-state index contributed by atoms with van der Waals surface area (Å²) in [5.41, 5.74) is 0.356. The molecule has 22 heavy (non-hydrogen) atoms. The van der Waals surface area contributed by atoms with Crippen molar-refractivity contribution in [3.05, 3.63) is 47.6 Å². The number of aromatic nitrogens is 2. The zero-order chi connectivity index (χ0) is 15.7. The summed E-state index contributed by atoms with van der Waals surface area (Å²) in [4.78, 5) is 21.4. The Hall–Kier alpha value is -2.32. The van der Waals surface area contributed by atoms with Crippen molar-refractivity contribution >= 4 is 43.1 Å². The normalized spacial score (nSPS) is 11.5. The van der Waals surface area contributed by atoms with Gasteiger partial charge in [0.15, 0.2) is 9.84 Å². The molecule has 0 saturated carbocycles. The number of hydrogen-bond donors (Lipinski definition) is 1. The largest absolute Gasteiger partial charge is 0.306 e. The van der Waals surface area contributed by atoms with Crippen molar-refractivity contribution < 1.29 is 13.2 Å². The zero-order valence-electron chi connectivity index (χ0n) is 11.5. The van der Waals surface area contributed by atoms with Gasteiger partial charge in [-0.15, -0.1) is 11.3 Å². The van der Waals surface area contributed by atoms with E-state index in [2.05, 4.69) is 15.3 Å². The number of nitrogens with zero attached hydrogens (tertiary/aromatic N) is 2. The number of amides is 1. The van der Waals surface area contributed by atoms with E-state index in [0.29, 0.717) is 11.4 Å². The third kappa shape index (κ3) is 2.83. The van der Waals surface area contributed by atoms with Gasteiger partial charge in [-0.05, 0) is 35.7 Å². The lowest BCUT2D eigenvalue weighted by Crippen LogP contribution is -2.13. The van der Waals surface area contributed by atoms with Crippen LogP contribution in [0.5, 0.6) is 0 Å². The first-order valence-corrected chi connectivity index (χ1v) is 9.02. The van der Waals surface area contributed by atoms with Gasteiger partial charge >= 0.3 is 0 Å². The quantitative estimate of drug-likeness (QED) is 0.795. The Morgan fingerprint density at radius 2 is 1.86 bits per heavy atom. The van der Waals surface area contributed by atoms with Crippen LogP contribution >= 0.6 is 11.3 Å². The second-order valence-electron chi connectivity index (χ2n) is 4.61. The second kappa shape index (κ2) is 5.47. The summed E-state index contributed by atoms with van der Waals surface area (Å²) in [6.45, 7) is 0. The van der Waals surface area contributed by atoms with E-state index in [9.17, 15) is 13.2 Å². The minimum atomic E-state index is -3.28. The molecule has 1 aromatic carbocycles. The van der Waals surface area contributed by atoms with Gasteiger partial charge in [-0.3, -0.25) is 4.79 Å². The van der Waals surface area contributed by atoms with Gasteiger partial charge < -0.3 is 5.32 Å². The molecule has 0 radical (unpaired) electrons. The molecule has 3 aromatic rings. The van der Waals surface area contributed by atoms with Gasteiger partial charge in [0.05, 0.1) is 10.3 Å². The molecule has 0 spiro atoms. The minimum Gasteiger partial charge on any atom is -0.306 e. The molecule has 2 heterocycles. The molecular formula is C14H11N3O3S2. The van der Waals surface area contributed by atoms with Gasteiger partial charge in [0.1, 0.15) is 17.0 Å². The monoisotopic (exact) mass is 333 g/mol. The fourth-order valence-electron chi connectivity index (χ4n) is 1.92. The molecule has 112 valence electrons. The summed E-state index contributed by atoms with van der Waals surface area (Å²) in [5.74, 6) is 0.0784. The molecule has 0 aliphatic rings. The van der Waals surface area contributed by atoms with Crippen molar-refractivity contribution in [1.29, 1.82) is 0 Å². The molecule has 0 aliphatic carbocycles. The van der Waals surface area contributed by atoms with Crippen LogP contribution in [0.1, 0.15) is 10.4 Å². The van der Waals surface area contributed by atoms with Crippen molar-refractivity contribution in [2.75, 3.05) is 11.6 Å². The number of sulfone groups is 1. The molecule has 0 unspecified atom stereocenters. The highest BCUT2D eigenvalue weighted by Gasteiger charge is 2.12. The fraction of sp³-hybridized carbons (Fsp3) is 0.0714. The van der Waals surface area contributed by atoms with E-state index in [1.807, 2.05) is 11.4 Å². The van der Waals surface area contributed by atoms with Crippen molar-refractivity contribution in [1.82, 2.24) is 9.97 Å².